The second-order valence-corrected chi connectivity index (χ2v) is 6.94. The Morgan fingerprint density at radius 2 is 1.93 bits per heavy atom. The van der Waals surface area contributed by atoms with Crippen LogP contribution in [0, 0.1) is 0 Å². The average molecular weight is 377 g/mol. The van der Waals surface area contributed by atoms with Crippen molar-refractivity contribution < 1.29 is 13.6 Å². The number of benzene rings is 1. The number of hydrogen-bond donors (Lipinski definition) is 1. The summed E-state index contributed by atoms with van der Waals surface area (Å²) in [6.45, 7) is 2.45. The van der Waals surface area contributed by atoms with Gasteiger partial charge in [0.05, 0.1) is 24.8 Å². The van der Waals surface area contributed by atoms with Gasteiger partial charge in [-0.3, -0.25) is 15.0 Å². The van der Waals surface area contributed by atoms with Crippen LogP contribution in [0.1, 0.15) is 12.2 Å². The summed E-state index contributed by atoms with van der Waals surface area (Å²) < 4.78 is 28.3. The van der Waals surface area contributed by atoms with E-state index in [1.165, 1.54) is 0 Å². The number of carbonyl (C=O) groups excluding carboxylic acids is 1. The van der Waals surface area contributed by atoms with Crippen LogP contribution < -0.4 is 5.32 Å². The fourth-order valence-corrected chi connectivity index (χ4v) is 3.51. The Hall–Kier alpha value is -2.46. The number of alkyl halides is 2. The Balaban J connectivity index is 1.33. The van der Waals surface area contributed by atoms with Crippen molar-refractivity contribution >= 4 is 5.91 Å². The van der Waals surface area contributed by atoms with E-state index in [1.807, 2.05) is 30.3 Å². The molecule has 144 valence electrons. The van der Waals surface area contributed by atoms with E-state index in [0.717, 1.165) is 11.5 Å². The molecule has 2 aliphatic heterocycles. The molecule has 1 amide bonds. The van der Waals surface area contributed by atoms with E-state index in [4.69, 9.17) is 0 Å². The summed E-state index contributed by atoms with van der Waals surface area (Å²) in [5.41, 5.74) is 0.888. The number of tetrazole rings is 1. The van der Waals surface area contributed by atoms with Crippen LogP contribution >= 0.6 is 0 Å². The van der Waals surface area contributed by atoms with Crippen molar-refractivity contribution in [2.75, 3.05) is 32.7 Å². The summed E-state index contributed by atoms with van der Waals surface area (Å²) >= 11 is 0. The standard InChI is InChI=1S/C17H21F2N7O/c18-17(19)10-14(20-12-17)16(27)25-8-6-24(7-9-25)11-15-21-22-23-26(15)13-4-2-1-3-5-13/h1-5,14,20H,6-12H2. The van der Waals surface area contributed by atoms with Crippen molar-refractivity contribution in [3.05, 3.63) is 36.2 Å². The minimum absolute atomic E-state index is 0.235. The number of nitrogens with zero attached hydrogens (tertiary/aromatic N) is 6. The number of hydrogen-bond acceptors (Lipinski definition) is 6. The molecule has 1 atom stereocenters. The van der Waals surface area contributed by atoms with Crippen molar-refractivity contribution in [2.45, 2.75) is 24.9 Å². The molecule has 1 unspecified atom stereocenters. The fraction of sp³-hybridized carbons (Fsp3) is 0.529. The van der Waals surface area contributed by atoms with E-state index in [9.17, 15) is 13.6 Å². The predicted octanol–water partition coefficient (Wildman–Crippen LogP) is 0.304. The minimum atomic E-state index is -2.79. The highest BCUT2D eigenvalue weighted by molar-refractivity contribution is 5.82. The van der Waals surface area contributed by atoms with Crippen molar-refractivity contribution in [3.63, 3.8) is 0 Å². The lowest BCUT2D eigenvalue weighted by atomic mass is 10.1. The van der Waals surface area contributed by atoms with Gasteiger partial charge in [0.2, 0.25) is 5.91 Å². The molecule has 0 saturated carbocycles. The van der Waals surface area contributed by atoms with Crippen molar-refractivity contribution in [3.8, 4) is 5.69 Å². The highest BCUT2D eigenvalue weighted by Gasteiger charge is 2.43. The van der Waals surface area contributed by atoms with Gasteiger partial charge in [0.15, 0.2) is 5.82 Å². The smallest absolute Gasteiger partial charge is 0.262 e. The van der Waals surface area contributed by atoms with Gasteiger partial charge in [-0.05, 0) is 22.6 Å². The molecule has 2 aliphatic rings. The maximum atomic E-state index is 13.3. The van der Waals surface area contributed by atoms with Crippen LogP contribution in [0.5, 0.6) is 0 Å². The predicted molar refractivity (Wildman–Crippen MR) is 92.4 cm³/mol. The minimum Gasteiger partial charge on any atom is -0.339 e. The number of para-hydroxylation sites is 1. The summed E-state index contributed by atoms with van der Waals surface area (Å²) in [6.07, 6.45) is -0.419. The summed E-state index contributed by atoms with van der Waals surface area (Å²) in [5, 5.41) is 14.6. The molecular weight excluding hydrogens is 356 g/mol. The zero-order valence-electron chi connectivity index (χ0n) is 14.8. The lowest BCUT2D eigenvalue weighted by Crippen LogP contribution is -2.52. The molecule has 2 saturated heterocycles. The molecule has 10 heteroatoms. The van der Waals surface area contributed by atoms with Crippen LogP contribution in [0.25, 0.3) is 5.69 Å². The first-order valence-electron chi connectivity index (χ1n) is 8.97. The molecule has 0 radical (unpaired) electrons. The van der Waals surface area contributed by atoms with Crippen molar-refractivity contribution in [2.24, 2.45) is 0 Å². The van der Waals surface area contributed by atoms with E-state index in [2.05, 4.69) is 25.7 Å². The summed E-state index contributed by atoms with van der Waals surface area (Å²) in [5.74, 6) is -2.31. The zero-order valence-corrected chi connectivity index (χ0v) is 14.8. The number of carbonyl (C=O) groups is 1. The molecule has 8 nitrogen and oxygen atoms in total. The third kappa shape index (κ3) is 3.96. The van der Waals surface area contributed by atoms with E-state index in [0.29, 0.717) is 32.7 Å². The van der Waals surface area contributed by atoms with Crippen LogP contribution in [0.3, 0.4) is 0 Å². The molecule has 4 rings (SSSR count). The molecular formula is C17H21F2N7O. The topological polar surface area (TPSA) is 79.2 Å². The van der Waals surface area contributed by atoms with Crippen LogP contribution in [-0.4, -0.2) is 80.6 Å². The van der Waals surface area contributed by atoms with Gasteiger partial charge in [-0.15, -0.1) is 5.10 Å². The highest BCUT2D eigenvalue weighted by atomic mass is 19.3. The summed E-state index contributed by atoms with van der Waals surface area (Å²) in [4.78, 5) is 16.2. The first-order chi connectivity index (χ1) is 13.0. The summed E-state index contributed by atoms with van der Waals surface area (Å²) in [7, 11) is 0. The first kappa shape index (κ1) is 17.9. The van der Waals surface area contributed by atoms with Crippen LogP contribution in [0.4, 0.5) is 8.78 Å². The van der Waals surface area contributed by atoms with E-state index < -0.39 is 24.9 Å². The van der Waals surface area contributed by atoms with E-state index in [1.54, 1.807) is 9.58 Å². The quantitative estimate of drug-likeness (QED) is 0.826. The van der Waals surface area contributed by atoms with Gasteiger partial charge < -0.3 is 4.90 Å². The molecule has 0 bridgehead atoms. The molecule has 27 heavy (non-hydrogen) atoms. The average Bonchev–Trinajstić information content (AvgIpc) is 3.28. The van der Waals surface area contributed by atoms with E-state index in [-0.39, 0.29) is 5.91 Å². The third-order valence-corrected chi connectivity index (χ3v) is 4.99. The Morgan fingerprint density at radius 3 is 2.59 bits per heavy atom. The SMILES string of the molecule is O=C(C1CC(F)(F)CN1)N1CCN(Cc2nnnn2-c2ccccc2)CC1. The molecule has 2 aromatic rings. The summed E-state index contributed by atoms with van der Waals surface area (Å²) in [6, 6.07) is 8.86. The molecule has 0 aliphatic carbocycles. The maximum Gasteiger partial charge on any atom is 0.262 e. The zero-order chi connectivity index (χ0) is 18.9. The molecule has 1 N–H and O–H groups in total. The Morgan fingerprint density at radius 1 is 1.19 bits per heavy atom. The number of halogens is 2. The van der Waals surface area contributed by atoms with Gasteiger partial charge in [0.25, 0.3) is 5.92 Å². The van der Waals surface area contributed by atoms with Crippen LogP contribution in [0.2, 0.25) is 0 Å². The van der Waals surface area contributed by atoms with Crippen molar-refractivity contribution in [1.82, 2.24) is 35.3 Å². The van der Waals surface area contributed by atoms with Crippen LogP contribution in [-0.2, 0) is 11.3 Å². The van der Waals surface area contributed by atoms with Gasteiger partial charge >= 0.3 is 0 Å². The second kappa shape index (κ2) is 7.28. The van der Waals surface area contributed by atoms with Gasteiger partial charge in [0.1, 0.15) is 0 Å². The number of piperazine rings is 1. The number of nitrogens with one attached hydrogen (secondary N) is 1. The molecule has 1 aromatic carbocycles. The Bertz CT molecular complexity index is 790. The van der Waals surface area contributed by atoms with E-state index >= 15 is 0 Å². The highest BCUT2D eigenvalue weighted by Crippen LogP contribution is 2.26. The lowest BCUT2D eigenvalue weighted by Gasteiger charge is -2.35. The Kier molecular flexibility index (Phi) is 4.83. The molecule has 2 fully saturated rings. The fourth-order valence-electron chi connectivity index (χ4n) is 3.51. The van der Waals surface area contributed by atoms with Gasteiger partial charge in [0, 0.05) is 32.6 Å². The number of rotatable bonds is 4. The first-order valence-corrected chi connectivity index (χ1v) is 8.97. The van der Waals surface area contributed by atoms with Gasteiger partial charge in [-0.1, -0.05) is 18.2 Å². The number of amides is 1. The molecule has 0 spiro atoms. The molecule has 3 heterocycles. The van der Waals surface area contributed by atoms with Gasteiger partial charge in [-0.25, -0.2) is 8.78 Å². The maximum absolute atomic E-state index is 13.3. The largest absolute Gasteiger partial charge is 0.339 e. The monoisotopic (exact) mass is 377 g/mol. The third-order valence-electron chi connectivity index (χ3n) is 4.99. The number of aromatic nitrogens is 4. The van der Waals surface area contributed by atoms with Crippen LogP contribution in [0.15, 0.2) is 30.3 Å². The Labute approximate surface area is 155 Å². The molecule has 1 aromatic heterocycles. The normalized spacial score (nSPS) is 22.9. The second-order valence-electron chi connectivity index (χ2n) is 6.94. The lowest BCUT2D eigenvalue weighted by molar-refractivity contribution is -0.135. The van der Waals surface area contributed by atoms with Crippen molar-refractivity contribution in [1.29, 1.82) is 0 Å². The van der Waals surface area contributed by atoms with Gasteiger partial charge in [-0.2, -0.15) is 4.68 Å².